The van der Waals surface area contributed by atoms with Gasteiger partial charge in [-0.2, -0.15) is 0 Å². The normalized spacial score (nSPS) is 34.6. The number of nitrogens with two attached hydrogens (primary N) is 1. The minimum atomic E-state index is -2.93. The zero-order valence-corrected chi connectivity index (χ0v) is 11.0. The molecule has 0 bridgehead atoms. The molecule has 2 fully saturated rings. The van der Waals surface area contributed by atoms with Crippen molar-refractivity contribution in [2.24, 2.45) is 5.73 Å². The molecular formula is C11H22N2O3S. The van der Waals surface area contributed by atoms with Gasteiger partial charge in [-0.25, -0.2) is 8.42 Å². The Morgan fingerprint density at radius 1 is 1.35 bits per heavy atom. The topological polar surface area (TPSA) is 81.4 Å². The molecule has 0 aromatic heterocycles. The van der Waals surface area contributed by atoms with E-state index < -0.39 is 15.4 Å². The van der Waals surface area contributed by atoms with E-state index in [-0.39, 0.29) is 5.75 Å². The molecule has 5 nitrogen and oxygen atoms in total. The van der Waals surface area contributed by atoms with Gasteiger partial charge in [-0.1, -0.05) is 0 Å². The number of sulfone groups is 1. The van der Waals surface area contributed by atoms with Crippen LogP contribution in [0.2, 0.25) is 0 Å². The van der Waals surface area contributed by atoms with Crippen molar-refractivity contribution in [1.29, 1.82) is 0 Å². The first kappa shape index (κ1) is 13.3. The van der Waals surface area contributed by atoms with Crippen LogP contribution < -0.4 is 11.1 Å². The minimum absolute atomic E-state index is 0.188. The number of rotatable bonds is 3. The summed E-state index contributed by atoms with van der Waals surface area (Å²) in [5.41, 5.74) is 5.41. The van der Waals surface area contributed by atoms with Crippen molar-refractivity contribution in [1.82, 2.24) is 5.32 Å². The highest BCUT2D eigenvalue weighted by molar-refractivity contribution is 7.91. The van der Waals surface area contributed by atoms with Gasteiger partial charge in [0.2, 0.25) is 0 Å². The second-order valence-corrected chi connectivity index (χ2v) is 7.40. The Balaban J connectivity index is 2.02. The van der Waals surface area contributed by atoms with Crippen molar-refractivity contribution in [3.8, 4) is 0 Å². The molecular weight excluding hydrogens is 240 g/mol. The van der Waals surface area contributed by atoms with Crippen LogP contribution in [0.5, 0.6) is 0 Å². The lowest BCUT2D eigenvalue weighted by Gasteiger charge is -2.40. The van der Waals surface area contributed by atoms with Gasteiger partial charge < -0.3 is 15.8 Å². The highest BCUT2D eigenvalue weighted by Crippen LogP contribution is 2.24. The lowest BCUT2D eigenvalue weighted by atomic mass is 9.93. The van der Waals surface area contributed by atoms with Crippen LogP contribution in [0.15, 0.2) is 0 Å². The van der Waals surface area contributed by atoms with Crippen LogP contribution in [-0.2, 0) is 14.6 Å². The fourth-order valence-corrected chi connectivity index (χ4v) is 4.72. The first-order chi connectivity index (χ1) is 8.05. The highest BCUT2D eigenvalue weighted by Gasteiger charge is 2.39. The number of ether oxygens (including phenoxy) is 1. The quantitative estimate of drug-likeness (QED) is 0.727. The van der Waals surface area contributed by atoms with E-state index in [1.165, 1.54) is 0 Å². The van der Waals surface area contributed by atoms with Gasteiger partial charge in [0, 0.05) is 31.3 Å². The SMILES string of the molecule is NCC1(NC2CCOCC2)CCCS(=O)(=O)C1. The maximum Gasteiger partial charge on any atom is 0.152 e. The fourth-order valence-electron chi connectivity index (χ4n) is 2.80. The maximum absolute atomic E-state index is 11.7. The van der Waals surface area contributed by atoms with Crippen LogP contribution in [0, 0.1) is 0 Å². The van der Waals surface area contributed by atoms with E-state index in [0.717, 1.165) is 38.9 Å². The van der Waals surface area contributed by atoms with Crippen LogP contribution in [0.25, 0.3) is 0 Å². The molecule has 17 heavy (non-hydrogen) atoms. The van der Waals surface area contributed by atoms with Gasteiger partial charge in [-0.3, -0.25) is 0 Å². The van der Waals surface area contributed by atoms with Gasteiger partial charge in [0.25, 0.3) is 0 Å². The van der Waals surface area contributed by atoms with Crippen molar-refractivity contribution in [2.45, 2.75) is 37.3 Å². The number of hydrogen-bond acceptors (Lipinski definition) is 5. The zero-order valence-electron chi connectivity index (χ0n) is 10.2. The summed E-state index contributed by atoms with van der Waals surface area (Å²) in [6.45, 7) is 1.90. The van der Waals surface area contributed by atoms with Crippen molar-refractivity contribution >= 4 is 9.84 Å². The monoisotopic (exact) mass is 262 g/mol. The molecule has 100 valence electrons. The van der Waals surface area contributed by atoms with E-state index in [0.29, 0.717) is 18.3 Å². The lowest BCUT2D eigenvalue weighted by Crippen LogP contribution is -2.61. The van der Waals surface area contributed by atoms with Crippen LogP contribution in [0.3, 0.4) is 0 Å². The highest BCUT2D eigenvalue weighted by atomic mass is 32.2. The van der Waals surface area contributed by atoms with Gasteiger partial charge in [-0.05, 0) is 25.7 Å². The van der Waals surface area contributed by atoms with Crippen LogP contribution in [0.1, 0.15) is 25.7 Å². The van der Waals surface area contributed by atoms with Gasteiger partial charge >= 0.3 is 0 Å². The van der Waals surface area contributed by atoms with E-state index in [1.54, 1.807) is 0 Å². The number of nitrogens with one attached hydrogen (secondary N) is 1. The van der Waals surface area contributed by atoms with Crippen molar-refractivity contribution in [3.63, 3.8) is 0 Å². The molecule has 2 aliphatic rings. The van der Waals surface area contributed by atoms with Crippen LogP contribution >= 0.6 is 0 Å². The fraction of sp³-hybridized carbons (Fsp3) is 1.00. The summed E-state index contributed by atoms with van der Waals surface area (Å²) in [5.74, 6) is 0.498. The van der Waals surface area contributed by atoms with E-state index >= 15 is 0 Å². The predicted molar refractivity (Wildman–Crippen MR) is 66.6 cm³/mol. The minimum Gasteiger partial charge on any atom is -0.381 e. The lowest BCUT2D eigenvalue weighted by molar-refractivity contribution is 0.0685. The largest absolute Gasteiger partial charge is 0.381 e. The Labute approximate surface area is 103 Å². The second kappa shape index (κ2) is 5.22. The molecule has 1 unspecified atom stereocenters. The molecule has 0 aromatic rings. The van der Waals surface area contributed by atoms with E-state index in [2.05, 4.69) is 5.32 Å². The summed E-state index contributed by atoms with van der Waals surface area (Å²) in [5, 5.41) is 3.49. The van der Waals surface area contributed by atoms with E-state index in [9.17, 15) is 8.42 Å². The Kier molecular flexibility index (Phi) is 4.07. The summed E-state index contributed by atoms with van der Waals surface area (Å²) >= 11 is 0. The predicted octanol–water partition coefficient (Wildman–Crippen LogP) is -0.339. The summed E-state index contributed by atoms with van der Waals surface area (Å²) < 4.78 is 28.8. The van der Waals surface area contributed by atoms with Crippen LogP contribution in [0.4, 0.5) is 0 Å². The number of hydrogen-bond donors (Lipinski definition) is 2. The molecule has 0 aromatic carbocycles. The van der Waals surface area contributed by atoms with Crippen LogP contribution in [-0.4, -0.2) is 51.3 Å². The molecule has 0 spiro atoms. The van der Waals surface area contributed by atoms with E-state index in [4.69, 9.17) is 10.5 Å². The molecule has 0 amide bonds. The smallest absolute Gasteiger partial charge is 0.152 e. The Morgan fingerprint density at radius 3 is 2.65 bits per heavy atom. The van der Waals surface area contributed by atoms with Gasteiger partial charge in [0.1, 0.15) is 0 Å². The van der Waals surface area contributed by atoms with E-state index in [1.807, 2.05) is 0 Å². The molecule has 2 heterocycles. The molecule has 2 aliphatic heterocycles. The second-order valence-electron chi connectivity index (χ2n) is 5.21. The first-order valence-corrected chi connectivity index (χ1v) is 8.13. The van der Waals surface area contributed by atoms with Crippen molar-refractivity contribution in [3.05, 3.63) is 0 Å². The molecule has 3 N–H and O–H groups in total. The Bertz CT molecular complexity index is 352. The third-order valence-electron chi connectivity index (χ3n) is 3.73. The molecule has 0 saturated carbocycles. The molecule has 0 aliphatic carbocycles. The first-order valence-electron chi connectivity index (χ1n) is 6.31. The maximum atomic E-state index is 11.7. The summed E-state index contributed by atoms with van der Waals surface area (Å²) in [6.07, 6.45) is 3.47. The van der Waals surface area contributed by atoms with Crippen molar-refractivity contribution < 1.29 is 13.2 Å². The molecule has 6 heteroatoms. The average Bonchev–Trinajstić information content (AvgIpc) is 2.29. The Hall–Kier alpha value is -0.170. The molecule has 0 radical (unpaired) electrons. The zero-order chi connectivity index (χ0) is 12.4. The molecule has 2 rings (SSSR count). The van der Waals surface area contributed by atoms with Gasteiger partial charge in [0.05, 0.1) is 11.5 Å². The summed E-state index contributed by atoms with van der Waals surface area (Å²) in [6, 6.07) is 0.348. The van der Waals surface area contributed by atoms with Crippen molar-refractivity contribution in [2.75, 3.05) is 31.3 Å². The molecule has 2 saturated heterocycles. The Morgan fingerprint density at radius 2 is 2.06 bits per heavy atom. The summed E-state index contributed by atoms with van der Waals surface area (Å²) in [4.78, 5) is 0. The summed E-state index contributed by atoms with van der Waals surface area (Å²) in [7, 11) is -2.93. The van der Waals surface area contributed by atoms with Gasteiger partial charge in [0.15, 0.2) is 9.84 Å². The third-order valence-corrected chi connectivity index (χ3v) is 5.63. The standard InChI is InChI=1S/C11H22N2O3S/c12-8-11(4-1-7-17(14,15)9-11)13-10-2-5-16-6-3-10/h10,13H,1-9,12H2. The molecule has 1 atom stereocenters. The average molecular weight is 262 g/mol. The van der Waals surface area contributed by atoms with Gasteiger partial charge in [-0.15, -0.1) is 0 Å². The third kappa shape index (κ3) is 3.40.